The van der Waals surface area contributed by atoms with Crippen molar-refractivity contribution in [2.45, 2.75) is 35.0 Å². The first-order valence-corrected chi connectivity index (χ1v) is 11.8. The number of piperidine rings is 1. The molecule has 140 valence electrons. The number of benzene rings is 1. The van der Waals surface area contributed by atoms with Crippen LogP contribution in [0.3, 0.4) is 0 Å². The maximum atomic E-state index is 12.7. The van der Waals surface area contributed by atoms with E-state index < -0.39 is 30.5 Å². The molecule has 1 fully saturated rings. The lowest BCUT2D eigenvalue weighted by Gasteiger charge is -2.32. The first kappa shape index (κ1) is 20.1. The van der Waals surface area contributed by atoms with Gasteiger partial charge in [0.25, 0.3) is 0 Å². The summed E-state index contributed by atoms with van der Waals surface area (Å²) in [6, 6.07) is 5.80. The lowest BCUT2D eigenvalue weighted by Crippen LogP contribution is -2.43. The van der Waals surface area contributed by atoms with Crippen LogP contribution < -0.4 is 5.32 Å². The number of hydrogen-bond donors (Lipinski definition) is 2. The zero-order valence-corrected chi connectivity index (χ0v) is 15.9. The number of hydrogen-bond acceptors (Lipinski definition) is 6. The monoisotopic (exact) mass is 387 g/mol. The van der Waals surface area contributed by atoms with Crippen LogP contribution in [0.5, 0.6) is 0 Å². The fourth-order valence-corrected chi connectivity index (χ4v) is 5.41. The average molecular weight is 388 g/mol. The van der Waals surface area contributed by atoms with Crippen molar-refractivity contribution in [3.8, 4) is 0 Å². The van der Waals surface area contributed by atoms with Gasteiger partial charge in [-0.2, -0.15) is 0 Å². The summed E-state index contributed by atoms with van der Waals surface area (Å²) < 4.78 is 48.5. The van der Waals surface area contributed by atoms with Crippen LogP contribution in [0.25, 0.3) is 0 Å². The molecule has 1 unspecified atom stereocenters. The van der Waals surface area contributed by atoms with E-state index in [9.17, 15) is 21.9 Å². The molecule has 2 rings (SSSR count). The fraction of sp³-hybridized carbons (Fsp3) is 0.529. The third kappa shape index (κ3) is 5.13. The molecule has 0 radical (unpaired) electrons. The van der Waals surface area contributed by atoms with Gasteiger partial charge in [0.15, 0.2) is 19.7 Å². The van der Waals surface area contributed by atoms with Crippen molar-refractivity contribution in [2.75, 3.05) is 25.1 Å². The zero-order chi connectivity index (χ0) is 18.7. The van der Waals surface area contributed by atoms with Crippen LogP contribution >= 0.6 is 0 Å². The van der Waals surface area contributed by atoms with Crippen molar-refractivity contribution in [2.24, 2.45) is 0 Å². The van der Waals surface area contributed by atoms with Crippen molar-refractivity contribution in [3.63, 3.8) is 0 Å². The molecule has 1 aromatic rings. The predicted octanol–water partition coefficient (Wildman–Crippen LogP) is 1.24. The summed E-state index contributed by atoms with van der Waals surface area (Å²) in [5.74, 6) is -0.145. The second-order valence-electron chi connectivity index (χ2n) is 6.59. The minimum absolute atomic E-state index is 0.139. The van der Waals surface area contributed by atoms with E-state index in [1.54, 1.807) is 0 Å². The van der Waals surface area contributed by atoms with Crippen molar-refractivity contribution in [3.05, 3.63) is 42.5 Å². The summed E-state index contributed by atoms with van der Waals surface area (Å²) >= 11 is 0. The van der Waals surface area contributed by atoms with Crippen molar-refractivity contribution < 1.29 is 21.9 Å². The Bertz CT molecular complexity index is 807. The lowest BCUT2D eigenvalue weighted by molar-refractivity contribution is 0.00766. The highest BCUT2D eigenvalue weighted by molar-refractivity contribution is 7.91. The minimum atomic E-state index is -3.56. The van der Waals surface area contributed by atoms with Gasteiger partial charge in [-0.05, 0) is 50.0 Å². The van der Waals surface area contributed by atoms with E-state index >= 15 is 0 Å². The summed E-state index contributed by atoms with van der Waals surface area (Å²) in [7, 11) is -6.89. The second-order valence-corrected chi connectivity index (χ2v) is 10.8. The minimum Gasteiger partial charge on any atom is -0.390 e. The largest absolute Gasteiger partial charge is 0.390 e. The van der Waals surface area contributed by atoms with Crippen LogP contribution in [-0.4, -0.2) is 52.6 Å². The van der Waals surface area contributed by atoms with Gasteiger partial charge in [0.2, 0.25) is 0 Å². The van der Waals surface area contributed by atoms with Crippen molar-refractivity contribution >= 4 is 19.7 Å². The maximum absolute atomic E-state index is 12.7. The second kappa shape index (κ2) is 7.57. The highest BCUT2D eigenvalue weighted by Gasteiger charge is 2.33. The van der Waals surface area contributed by atoms with Gasteiger partial charge in [-0.25, -0.2) is 16.8 Å². The summed E-state index contributed by atoms with van der Waals surface area (Å²) in [5.41, 5.74) is -0.482. The SMILES string of the molecule is C=CC(c1ccc(S(C)(=O)=O)cc1)S(=O)(=O)CCC1(O)CCNCC1. The van der Waals surface area contributed by atoms with Crippen LogP contribution in [0.15, 0.2) is 41.8 Å². The molecule has 1 aromatic carbocycles. The van der Waals surface area contributed by atoms with Crippen LogP contribution in [-0.2, 0) is 19.7 Å². The molecule has 1 aliphatic heterocycles. The van der Waals surface area contributed by atoms with Gasteiger partial charge in [-0.15, -0.1) is 6.58 Å². The molecule has 25 heavy (non-hydrogen) atoms. The molecule has 6 nitrogen and oxygen atoms in total. The Kier molecular flexibility index (Phi) is 6.09. The Morgan fingerprint density at radius 2 is 1.76 bits per heavy atom. The van der Waals surface area contributed by atoms with Gasteiger partial charge in [-0.1, -0.05) is 18.2 Å². The third-order valence-corrected chi connectivity index (χ3v) is 7.76. The smallest absolute Gasteiger partial charge is 0.175 e. The van der Waals surface area contributed by atoms with Crippen LogP contribution in [0, 0.1) is 0 Å². The lowest BCUT2D eigenvalue weighted by atomic mass is 9.90. The normalized spacial score (nSPS) is 19.3. The fourth-order valence-electron chi connectivity index (χ4n) is 3.00. The van der Waals surface area contributed by atoms with Crippen LogP contribution in [0.1, 0.15) is 30.1 Å². The van der Waals surface area contributed by atoms with Gasteiger partial charge in [-0.3, -0.25) is 0 Å². The van der Waals surface area contributed by atoms with E-state index in [0.29, 0.717) is 31.5 Å². The Balaban J connectivity index is 2.16. The summed E-state index contributed by atoms with van der Waals surface area (Å²) in [6.45, 7) is 4.97. The van der Waals surface area contributed by atoms with Gasteiger partial charge >= 0.3 is 0 Å². The highest BCUT2D eigenvalue weighted by atomic mass is 32.2. The third-order valence-electron chi connectivity index (χ3n) is 4.62. The molecule has 1 saturated heterocycles. The number of sulfone groups is 2. The molecule has 0 aromatic heterocycles. The van der Waals surface area contributed by atoms with E-state index in [-0.39, 0.29) is 17.1 Å². The standard InChI is InChI=1S/C17H25NO5S2/c1-3-16(14-4-6-15(7-5-14)24(2,20)21)25(22,23)13-10-17(19)8-11-18-12-9-17/h3-7,16,18-19H,1,8-13H2,2H3. The predicted molar refractivity (Wildman–Crippen MR) is 97.9 cm³/mol. The Labute approximate surface area is 149 Å². The molecule has 0 spiro atoms. The average Bonchev–Trinajstić information content (AvgIpc) is 2.54. The maximum Gasteiger partial charge on any atom is 0.175 e. The van der Waals surface area contributed by atoms with E-state index in [1.807, 2.05) is 0 Å². The van der Waals surface area contributed by atoms with Crippen molar-refractivity contribution in [1.29, 1.82) is 0 Å². The molecule has 8 heteroatoms. The first-order chi connectivity index (χ1) is 11.6. The Morgan fingerprint density at radius 1 is 1.20 bits per heavy atom. The quantitative estimate of drug-likeness (QED) is 0.683. The molecule has 1 heterocycles. The molecule has 0 aliphatic carbocycles. The van der Waals surface area contributed by atoms with Gasteiger partial charge in [0.1, 0.15) is 5.25 Å². The Morgan fingerprint density at radius 3 is 2.24 bits per heavy atom. The molecular weight excluding hydrogens is 362 g/mol. The van der Waals surface area contributed by atoms with E-state index in [2.05, 4.69) is 11.9 Å². The zero-order valence-electron chi connectivity index (χ0n) is 14.3. The van der Waals surface area contributed by atoms with E-state index in [0.717, 1.165) is 6.26 Å². The van der Waals surface area contributed by atoms with Gasteiger partial charge in [0.05, 0.1) is 16.2 Å². The molecule has 2 N–H and O–H groups in total. The molecule has 1 atom stereocenters. The van der Waals surface area contributed by atoms with Gasteiger partial charge in [0, 0.05) is 6.26 Å². The van der Waals surface area contributed by atoms with E-state index in [1.165, 1.54) is 30.3 Å². The van der Waals surface area contributed by atoms with Crippen LogP contribution in [0.2, 0.25) is 0 Å². The Hall–Kier alpha value is -1.22. The first-order valence-electron chi connectivity index (χ1n) is 8.15. The van der Waals surface area contributed by atoms with Crippen molar-refractivity contribution in [1.82, 2.24) is 5.32 Å². The van der Waals surface area contributed by atoms with Gasteiger partial charge < -0.3 is 10.4 Å². The molecule has 0 bridgehead atoms. The molecule has 1 aliphatic rings. The molecular formula is C17H25NO5S2. The number of nitrogens with one attached hydrogen (secondary N) is 1. The highest BCUT2D eigenvalue weighted by Crippen LogP contribution is 2.29. The summed E-state index contributed by atoms with van der Waals surface area (Å²) in [4.78, 5) is 0.139. The topological polar surface area (TPSA) is 101 Å². The number of rotatable bonds is 7. The van der Waals surface area contributed by atoms with E-state index in [4.69, 9.17) is 0 Å². The summed E-state index contributed by atoms with van der Waals surface area (Å²) in [5, 5.41) is 12.7. The number of aliphatic hydroxyl groups is 1. The van der Waals surface area contributed by atoms with Crippen LogP contribution in [0.4, 0.5) is 0 Å². The summed E-state index contributed by atoms with van der Waals surface area (Å²) in [6.07, 6.45) is 3.69. The molecule has 0 amide bonds. The molecule has 0 saturated carbocycles.